The smallest absolute Gasteiger partial charge is 0.347 e. The highest BCUT2D eigenvalue weighted by molar-refractivity contribution is 7.14. The predicted molar refractivity (Wildman–Crippen MR) is 52.9 cm³/mol. The predicted octanol–water partition coefficient (Wildman–Crippen LogP) is 2.09. The molecular formula is C8H8N2O2S. The van der Waals surface area contributed by atoms with Crippen LogP contribution in [0.15, 0.2) is 11.4 Å². The molecule has 0 bridgehead atoms. The Kier molecular flexibility index (Phi) is 3.29. The third-order valence-corrected chi connectivity index (χ3v) is 2.26. The van der Waals surface area contributed by atoms with Crippen molar-refractivity contribution in [1.29, 1.82) is 0 Å². The Morgan fingerprint density at radius 1 is 1.77 bits per heavy atom. The summed E-state index contributed by atoms with van der Waals surface area (Å²) in [6.45, 7) is 0.564. The second-order valence-corrected chi connectivity index (χ2v) is 3.17. The van der Waals surface area contributed by atoms with E-state index in [-0.39, 0.29) is 5.00 Å². The van der Waals surface area contributed by atoms with E-state index < -0.39 is 4.92 Å². The van der Waals surface area contributed by atoms with Gasteiger partial charge in [0.2, 0.25) is 0 Å². The Morgan fingerprint density at radius 2 is 2.54 bits per heavy atom. The summed E-state index contributed by atoms with van der Waals surface area (Å²) in [5.74, 6) is 2.45. The number of nitrogens with zero attached hydrogens (tertiary/aromatic N) is 1. The lowest BCUT2D eigenvalue weighted by atomic mass is 10.4. The van der Waals surface area contributed by atoms with E-state index >= 15 is 0 Å². The van der Waals surface area contributed by atoms with Crippen LogP contribution in [0.1, 0.15) is 6.42 Å². The lowest BCUT2D eigenvalue weighted by Crippen LogP contribution is -2.00. The molecule has 0 aromatic carbocycles. The maximum absolute atomic E-state index is 10.5. The lowest BCUT2D eigenvalue weighted by Gasteiger charge is -1.98. The fourth-order valence-corrected chi connectivity index (χ4v) is 1.53. The summed E-state index contributed by atoms with van der Waals surface area (Å²) >= 11 is 1.10. The largest absolute Gasteiger partial charge is 0.378 e. The standard InChI is InChI=1S/C8H8N2O2S/c1-2-3-5-9-7-4-6-13-8(7)10(11)12/h1,4,6,9H,3,5H2. The van der Waals surface area contributed by atoms with Crippen molar-refractivity contribution in [3.05, 3.63) is 21.6 Å². The molecule has 0 aliphatic heterocycles. The van der Waals surface area contributed by atoms with E-state index in [0.29, 0.717) is 18.7 Å². The molecule has 13 heavy (non-hydrogen) atoms. The van der Waals surface area contributed by atoms with Gasteiger partial charge in [0, 0.05) is 13.0 Å². The summed E-state index contributed by atoms with van der Waals surface area (Å²) in [6, 6.07) is 1.68. The van der Waals surface area contributed by atoms with Crippen molar-refractivity contribution in [2.24, 2.45) is 0 Å². The van der Waals surface area contributed by atoms with Gasteiger partial charge in [-0.15, -0.1) is 12.3 Å². The number of nitrogens with one attached hydrogen (secondary N) is 1. The van der Waals surface area contributed by atoms with Crippen molar-refractivity contribution in [3.8, 4) is 12.3 Å². The number of nitro groups is 1. The van der Waals surface area contributed by atoms with Gasteiger partial charge in [0.05, 0.1) is 4.92 Å². The summed E-state index contributed by atoms with van der Waals surface area (Å²) in [6.07, 6.45) is 5.61. The van der Waals surface area contributed by atoms with E-state index in [1.807, 2.05) is 0 Å². The van der Waals surface area contributed by atoms with Gasteiger partial charge < -0.3 is 5.32 Å². The molecule has 0 spiro atoms. The van der Waals surface area contributed by atoms with Crippen LogP contribution in [-0.4, -0.2) is 11.5 Å². The second kappa shape index (κ2) is 4.48. The first kappa shape index (κ1) is 9.55. The first-order valence-electron chi connectivity index (χ1n) is 3.65. The number of rotatable bonds is 4. The third kappa shape index (κ3) is 2.46. The van der Waals surface area contributed by atoms with Gasteiger partial charge in [0.15, 0.2) is 0 Å². The average molecular weight is 196 g/mol. The number of terminal acetylenes is 1. The molecule has 0 fully saturated rings. The van der Waals surface area contributed by atoms with Crippen LogP contribution in [0.2, 0.25) is 0 Å². The fraction of sp³-hybridized carbons (Fsp3) is 0.250. The molecule has 0 atom stereocenters. The van der Waals surface area contributed by atoms with Gasteiger partial charge in [-0.1, -0.05) is 11.3 Å². The molecule has 5 heteroatoms. The summed E-state index contributed by atoms with van der Waals surface area (Å²) in [7, 11) is 0. The molecule has 1 N–H and O–H groups in total. The molecule has 0 saturated carbocycles. The van der Waals surface area contributed by atoms with Gasteiger partial charge in [-0.2, -0.15) is 0 Å². The number of hydrogen-bond acceptors (Lipinski definition) is 4. The minimum absolute atomic E-state index is 0.136. The molecule has 0 amide bonds. The van der Waals surface area contributed by atoms with Crippen LogP contribution in [0, 0.1) is 22.5 Å². The van der Waals surface area contributed by atoms with Crippen molar-refractivity contribution < 1.29 is 4.92 Å². The van der Waals surface area contributed by atoms with E-state index in [0.717, 1.165) is 11.3 Å². The maximum atomic E-state index is 10.5. The molecule has 0 aliphatic carbocycles. The highest BCUT2D eigenvalue weighted by atomic mass is 32.1. The Hall–Kier alpha value is -1.54. The monoisotopic (exact) mass is 196 g/mol. The summed E-state index contributed by atoms with van der Waals surface area (Å²) in [5.41, 5.74) is 0.547. The molecular weight excluding hydrogens is 188 g/mol. The Morgan fingerprint density at radius 3 is 3.15 bits per heavy atom. The van der Waals surface area contributed by atoms with E-state index in [9.17, 15) is 10.1 Å². The molecule has 0 saturated heterocycles. The summed E-state index contributed by atoms with van der Waals surface area (Å²) < 4.78 is 0. The summed E-state index contributed by atoms with van der Waals surface area (Å²) in [4.78, 5) is 10.1. The molecule has 68 valence electrons. The first-order valence-corrected chi connectivity index (χ1v) is 4.53. The normalized spacial score (nSPS) is 9.15. The highest BCUT2D eigenvalue weighted by Crippen LogP contribution is 2.30. The second-order valence-electron chi connectivity index (χ2n) is 2.28. The molecule has 0 aliphatic rings. The van der Waals surface area contributed by atoms with Crippen LogP contribution >= 0.6 is 11.3 Å². The van der Waals surface area contributed by atoms with Gasteiger partial charge in [-0.25, -0.2) is 0 Å². The Labute approximate surface area is 79.7 Å². The average Bonchev–Trinajstić information content (AvgIpc) is 2.53. The van der Waals surface area contributed by atoms with Gasteiger partial charge in [0.1, 0.15) is 5.69 Å². The van der Waals surface area contributed by atoms with Crippen LogP contribution in [0.5, 0.6) is 0 Å². The van der Waals surface area contributed by atoms with Gasteiger partial charge in [0.25, 0.3) is 0 Å². The fourth-order valence-electron chi connectivity index (χ4n) is 0.847. The van der Waals surface area contributed by atoms with E-state index in [1.165, 1.54) is 0 Å². The molecule has 1 heterocycles. The van der Waals surface area contributed by atoms with Crippen molar-refractivity contribution in [3.63, 3.8) is 0 Å². The molecule has 4 nitrogen and oxygen atoms in total. The molecule has 0 unspecified atom stereocenters. The van der Waals surface area contributed by atoms with Crippen LogP contribution in [0.25, 0.3) is 0 Å². The number of anilines is 1. The van der Waals surface area contributed by atoms with Crippen LogP contribution < -0.4 is 5.32 Å². The van der Waals surface area contributed by atoms with Crippen molar-refractivity contribution in [2.45, 2.75) is 6.42 Å². The Bertz CT molecular complexity index is 340. The zero-order valence-electron chi connectivity index (χ0n) is 6.82. The minimum atomic E-state index is -0.400. The van der Waals surface area contributed by atoms with Crippen molar-refractivity contribution in [2.75, 3.05) is 11.9 Å². The van der Waals surface area contributed by atoms with Gasteiger partial charge in [-0.05, 0) is 11.4 Å². The molecule has 1 rings (SSSR count). The molecule has 0 radical (unpaired) electrons. The third-order valence-electron chi connectivity index (χ3n) is 1.40. The topological polar surface area (TPSA) is 55.2 Å². The van der Waals surface area contributed by atoms with Gasteiger partial charge in [-0.3, -0.25) is 10.1 Å². The SMILES string of the molecule is C#CCCNc1ccsc1[N+](=O)[O-]. The van der Waals surface area contributed by atoms with Crippen LogP contribution in [0.3, 0.4) is 0 Å². The molecule has 1 aromatic heterocycles. The summed E-state index contributed by atoms with van der Waals surface area (Å²) in [5, 5.41) is 15.2. The minimum Gasteiger partial charge on any atom is -0.378 e. The zero-order chi connectivity index (χ0) is 9.68. The number of thiophene rings is 1. The lowest BCUT2D eigenvalue weighted by molar-refractivity contribution is -0.379. The van der Waals surface area contributed by atoms with E-state index in [4.69, 9.17) is 6.42 Å². The van der Waals surface area contributed by atoms with E-state index in [2.05, 4.69) is 11.2 Å². The highest BCUT2D eigenvalue weighted by Gasteiger charge is 2.13. The van der Waals surface area contributed by atoms with Gasteiger partial charge >= 0.3 is 5.00 Å². The molecule has 1 aromatic rings. The quantitative estimate of drug-likeness (QED) is 0.347. The van der Waals surface area contributed by atoms with Crippen LogP contribution in [-0.2, 0) is 0 Å². The first-order chi connectivity index (χ1) is 6.25. The maximum Gasteiger partial charge on any atom is 0.347 e. The van der Waals surface area contributed by atoms with E-state index in [1.54, 1.807) is 11.4 Å². The Balaban J connectivity index is 2.61. The van der Waals surface area contributed by atoms with Crippen LogP contribution in [0.4, 0.5) is 10.7 Å². The van der Waals surface area contributed by atoms with Crippen molar-refractivity contribution in [1.82, 2.24) is 0 Å². The van der Waals surface area contributed by atoms with Crippen molar-refractivity contribution >= 4 is 22.0 Å². The zero-order valence-corrected chi connectivity index (χ0v) is 7.63. The number of hydrogen-bond donors (Lipinski definition) is 1.